The second-order valence-corrected chi connectivity index (χ2v) is 4.97. The van der Waals surface area contributed by atoms with Crippen molar-refractivity contribution in [2.75, 3.05) is 18.4 Å². The van der Waals surface area contributed by atoms with Crippen LogP contribution in [0.25, 0.3) is 11.3 Å². The molecule has 0 saturated carbocycles. The molecule has 2 heterocycles. The fourth-order valence-electron chi connectivity index (χ4n) is 2.49. The van der Waals surface area contributed by atoms with Crippen LogP contribution in [0, 0.1) is 0 Å². The smallest absolute Gasteiger partial charge is 0.181 e. The molecule has 0 spiro atoms. The zero-order chi connectivity index (χ0) is 12.9. The zero-order valence-corrected chi connectivity index (χ0v) is 10.9. The minimum absolute atomic E-state index is 0.575. The summed E-state index contributed by atoms with van der Waals surface area (Å²) in [6.07, 6.45) is 6.86. The molecule has 1 aliphatic heterocycles. The Balaban J connectivity index is 1.65. The van der Waals surface area contributed by atoms with Crippen molar-refractivity contribution < 1.29 is 4.42 Å². The summed E-state index contributed by atoms with van der Waals surface area (Å²) in [7, 11) is 0. The lowest BCUT2D eigenvalue weighted by atomic mass is 10.1. The summed E-state index contributed by atoms with van der Waals surface area (Å²) in [6.45, 7) is 2.25. The van der Waals surface area contributed by atoms with E-state index in [4.69, 9.17) is 4.42 Å². The van der Waals surface area contributed by atoms with Gasteiger partial charge in [0.2, 0.25) is 0 Å². The number of aromatic nitrogens is 1. The van der Waals surface area contributed by atoms with E-state index < -0.39 is 0 Å². The molecular formula is C15H19N3O. The van der Waals surface area contributed by atoms with Crippen molar-refractivity contribution in [3.8, 4) is 11.3 Å². The van der Waals surface area contributed by atoms with Gasteiger partial charge in [-0.15, -0.1) is 0 Å². The Labute approximate surface area is 113 Å². The number of benzene rings is 1. The molecule has 3 rings (SSSR count). The number of nitrogens with zero attached hydrogens (tertiary/aromatic N) is 1. The molecule has 1 aromatic carbocycles. The zero-order valence-electron chi connectivity index (χ0n) is 10.9. The van der Waals surface area contributed by atoms with Gasteiger partial charge in [-0.2, -0.15) is 0 Å². The maximum atomic E-state index is 5.29. The molecule has 1 unspecified atom stereocenters. The molecule has 1 atom stereocenters. The first-order chi connectivity index (χ1) is 9.42. The molecule has 100 valence electrons. The predicted molar refractivity (Wildman–Crippen MR) is 76.1 cm³/mol. The number of hydrogen-bond acceptors (Lipinski definition) is 4. The SMILES string of the molecule is c1ncc(-c2ccc(NC3CCCNCC3)cc2)o1. The third-order valence-corrected chi connectivity index (χ3v) is 3.55. The maximum absolute atomic E-state index is 5.29. The molecular weight excluding hydrogens is 238 g/mol. The molecule has 0 aliphatic carbocycles. The molecule has 19 heavy (non-hydrogen) atoms. The lowest BCUT2D eigenvalue weighted by Gasteiger charge is -2.17. The van der Waals surface area contributed by atoms with E-state index in [9.17, 15) is 0 Å². The third kappa shape index (κ3) is 3.15. The van der Waals surface area contributed by atoms with E-state index in [0.29, 0.717) is 6.04 Å². The van der Waals surface area contributed by atoms with Gasteiger partial charge in [0.1, 0.15) is 0 Å². The summed E-state index contributed by atoms with van der Waals surface area (Å²) in [5.41, 5.74) is 2.24. The monoisotopic (exact) mass is 257 g/mol. The first-order valence-electron chi connectivity index (χ1n) is 6.88. The van der Waals surface area contributed by atoms with E-state index in [1.54, 1.807) is 6.20 Å². The fraction of sp³-hybridized carbons (Fsp3) is 0.400. The van der Waals surface area contributed by atoms with Gasteiger partial charge >= 0.3 is 0 Å². The normalized spacial score (nSPS) is 19.9. The van der Waals surface area contributed by atoms with Crippen molar-refractivity contribution in [1.29, 1.82) is 0 Å². The van der Waals surface area contributed by atoms with Gasteiger partial charge in [0, 0.05) is 17.3 Å². The summed E-state index contributed by atoms with van der Waals surface area (Å²) in [6, 6.07) is 8.92. The van der Waals surface area contributed by atoms with Gasteiger partial charge in [0.25, 0.3) is 0 Å². The van der Waals surface area contributed by atoms with Gasteiger partial charge in [0.05, 0.1) is 6.20 Å². The number of rotatable bonds is 3. The Morgan fingerprint density at radius 3 is 2.84 bits per heavy atom. The van der Waals surface area contributed by atoms with Crippen LogP contribution in [0.1, 0.15) is 19.3 Å². The third-order valence-electron chi connectivity index (χ3n) is 3.55. The van der Waals surface area contributed by atoms with Crippen molar-refractivity contribution in [2.45, 2.75) is 25.3 Å². The first-order valence-corrected chi connectivity index (χ1v) is 6.88. The number of hydrogen-bond donors (Lipinski definition) is 2. The molecule has 0 amide bonds. The largest absolute Gasteiger partial charge is 0.444 e. The van der Waals surface area contributed by atoms with Crippen LogP contribution < -0.4 is 10.6 Å². The standard InChI is InChI=1S/C15H19N3O/c1-2-13(7-9-16-8-1)18-14-5-3-12(4-6-14)15-10-17-11-19-15/h3-6,10-11,13,16,18H,1-2,7-9H2. The molecule has 0 bridgehead atoms. The predicted octanol–water partition coefficient (Wildman–Crippen LogP) is 2.90. The molecule has 2 aromatic rings. The van der Waals surface area contributed by atoms with Crippen LogP contribution in [0.2, 0.25) is 0 Å². The summed E-state index contributed by atoms with van der Waals surface area (Å²) in [4.78, 5) is 3.94. The Bertz CT molecular complexity index is 485. The second kappa shape index (κ2) is 5.89. The Hall–Kier alpha value is -1.81. The summed E-state index contributed by atoms with van der Waals surface area (Å²) in [5, 5.41) is 7.04. The van der Waals surface area contributed by atoms with Gasteiger partial charge in [-0.1, -0.05) is 0 Å². The highest BCUT2D eigenvalue weighted by Crippen LogP contribution is 2.22. The number of anilines is 1. The average Bonchev–Trinajstić information content (AvgIpc) is 2.86. The number of nitrogens with one attached hydrogen (secondary N) is 2. The van der Waals surface area contributed by atoms with Crippen LogP contribution in [0.15, 0.2) is 41.3 Å². The van der Waals surface area contributed by atoms with Crippen molar-refractivity contribution in [1.82, 2.24) is 10.3 Å². The molecule has 2 N–H and O–H groups in total. The van der Waals surface area contributed by atoms with Crippen LogP contribution in [-0.4, -0.2) is 24.1 Å². The molecule has 0 radical (unpaired) electrons. The van der Waals surface area contributed by atoms with Gasteiger partial charge in [0.15, 0.2) is 12.2 Å². The fourth-order valence-corrected chi connectivity index (χ4v) is 2.49. The summed E-state index contributed by atoms with van der Waals surface area (Å²) < 4.78 is 5.29. The molecule has 4 heteroatoms. The highest BCUT2D eigenvalue weighted by molar-refractivity contribution is 5.60. The summed E-state index contributed by atoms with van der Waals surface area (Å²) >= 11 is 0. The highest BCUT2D eigenvalue weighted by Gasteiger charge is 2.11. The molecule has 1 aromatic heterocycles. The van der Waals surface area contributed by atoms with Gasteiger partial charge < -0.3 is 15.1 Å². The van der Waals surface area contributed by atoms with Gasteiger partial charge in [-0.25, -0.2) is 4.98 Å². The van der Waals surface area contributed by atoms with E-state index in [1.807, 2.05) is 0 Å². The lowest BCUT2D eigenvalue weighted by molar-refractivity contribution is 0.572. The van der Waals surface area contributed by atoms with Crippen LogP contribution in [0.3, 0.4) is 0 Å². The highest BCUT2D eigenvalue weighted by atomic mass is 16.3. The van der Waals surface area contributed by atoms with Crippen molar-refractivity contribution in [3.63, 3.8) is 0 Å². The van der Waals surface area contributed by atoms with Gasteiger partial charge in [-0.3, -0.25) is 0 Å². The minimum atomic E-state index is 0.575. The van der Waals surface area contributed by atoms with Crippen molar-refractivity contribution in [2.24, 2.45) is 0 Å². The van der Waals surface area contributed by atoms with E-state index in [0.717, 1.165) is 24.4 Å². The van der Waals surface area contributed by atoms with E-state index in [1.165, 1.54) is 31.3 Å². The maximum Gasteiger partial charge on any atom is 0.181 e. The number of oxazole rings is 1. The topological polar surface area (TPSA) is 50.1 Å². The quantitative estimate of drug-likeness (QED) is 0.887. The van der Waals surface area contributed by atoms with Crippen LogP contribution in [0.5, 0.6) is 0 Å². The molecule has 1 fully saturated rings. The van der Waals surface area contributed by atoms with Crippen molar-refractivity contribution in [3.05, 3.63) is 36.9 Å². The summed E-state index contributed by atoms with van der Waals surface area (Å²) in [5.74, 6) is 0.810. The minimum Gasteiger partial charge on any atom is -0.444 e. The van der Waals surface area contributed by atoms with Crippen LogP contribution in [0.4, 0.5) is 5.69 Å². The van der Waals surface area contributed by atoms with Crippen LogP contribution >= 0.6 is 0 Å². The average molecular weight is 257 g/mol. The second-order valence-electron chi connectivity index (χ2n) is 4.97. The Kier molecular flexibility index (Phi) is 3.79. The molecule has 1 saturated heterocycles. The first kappa shape index (κ1) is 12.2. The van der Waals surface area contributed by atoms with Crippen LogP contribution in [-0.2, 0) is 0 Å². The van der Waals surface area contributed by atoms with E-state index in [2.05, 4.69) is 39.9 Å². The van der Waals surface area contributed by atoms with E-state index >= 15 is 0 Å². The molecule has 4 nitrogen and oxygen atoms in total. The Morgan fingerprint density at radius 1 is 1.16 bits per heavy atom. The van der Waals surface area contributed by atoms with Gasteiger partial charge in [-0.05, 0) is 56.6 Å². The Morgan fingerprint density at radius 2 is 2.05 bits per heavy atom. The lowest BCUT2D eigenvalue weighted by Crippen LogP contribution is -2.21. The van der Waals surface area contributed by atoms with E-state index in [-0.39, 0.29) is 0 Å². The molecule has 1 aliphatic rings. The van der Waals surface area contributed by atoms with Crippen molar-refractivity contribution >= 4 is 5.69 Å².